The van der Waals surface area contributed by atoms with Crippen molar-refractivity contribution in [3.8, 4) is 16.9 Å². The van der Waals surface area contributed by atoms with E-state index in [0.29, 0.717) is 5.56 Å². The van der Waals surface area contributed by atoms with Crippen LogP contribution in [-0.2, 0) is 25.8 Å². The number of rotatable bonds is 9. The highest BCUT2D eigenvalue weighted by atomic mass is 32.2. The fraction of sp³-hybridized carbons (Fsp3) is 0.200. The Morgan fingerprint density at radius 2 is 1.62 bits per heavy atom. The summed E-state index contributed by atoms with van der Waals surface area (Å²) in [5.74, 6) is -3.03. The van der Waals surface area contributed by atoms with Crippen LogP contribution in [0.15, 0.2) is 89.0 Å². The van der Waals surface area contributed by atoms with Crippen LogP contribution in [0, 0.1) is 18.0 Å². The maximum Gasteiger partial charge on any atom is 0.435 e. The van der Waals surface area contributed by atoms with Crippen LogP contribution in [0.1, 0.15) is 32.0 Å². The fourth-order valence-corrected chi connectivity index (χ4v) is 6.03. The van der Waals surface area contributed by atoms with Gasteiger partial charge in [0.25, 0.3) is 21.8 Å². The van der Waals surface area contributed by atoms with E-state index in [1.54, 1.807) is 36.4 Å². The minimum absolute atomic E-state index is 0.0134. The Hall–Kier alpha value is -5.78. The monoisotopic (exact) mass is 683 g/mol. The summed E-state index contributed by atoms with van der Waals surface area (Å²) in [4.78, 5) is 42.7. The zero-order valence-electron chi connectivity index (χ0n) is 24.8. The van der Waals surface area contributed by atoms with E-state index in [9.17, 15) is 41.2 Å². The lowest BCUT2D eigenvalue weighted by Gasteiger charge is -2.32. The van der Waals surface area contributed by atoms with Gasteiger partial charge in [-0.25, -0.2) is 22.7 Å². The summed E-state index contributed by atoms with van der Waals surface area (Å²) in [6.07, 6.45) is -4.72. The molecule has 1 aromatic heterocycles. The summed E-state index contributed by atoms with van der Waals surface area (Å²) in [5, 5.41) is 20.2. The normalized spacial score (nSPS) is 15.4. The molecule has 1 saturated heterocycles. The topological polar surface area (TPSA) is 169 Å². The second kappa shape index (κ2) is 12.1. The van der Waals surface area contributed by atoms with Crippen molar-refractivity contribution in [3.63, 3.8) is 0 Å². The number of hydrogen-bond donors (Lipinski definition) is 1. The zero-order chi connectivity index (χ0) is 34.4. The molecule has 0 radical (unpaired) electrons. The van der Waals surface area contributed by atoms with Crippen molar-refractivity contribution >= 4 is 27.7 Å². The summed E-state index contributed by atoms with van der Waals surface area (Å²) in [6, 6.07) is 18.6. The van der Waals surface area contributed by atoms with Crippen LogP contribution in [0.5, 0.6) is 0 Å². The van der Waals surface area contributed by atoms with Gasteiger partial charge in [-0.1, -0.05) is 42.0 Å². The second-order valence-electron chi connectivity index (χ2n) is 10.9. The van der Waals surface area contributed by atoms with Gasteiger partial charge in [0, 0.05) is 5.56 Å². The van der Waals surface area contributed by atoms with Crippen molar-refractivity contribution < 1.29 is 45.8 Å². The smallest absolute Gasteiger partial charge is 0.435 e. The summed E-state index contributed by atoms with van der Waals surface area (Å²) in [7, 11) is -4.40. The Morgan fingerprint density at radius 1 is 1.02 bits per heavy atom. The van der Waals surface area contributed by atoms with Gasteiger partial charge in [-0.3, -0.25) is 14.4 Å². The quantitative estimate of drug-likeness (QED) is 0.120. The average molecular weight is 684 g/mol. The van der Waals surface area contributed by atoms with Crippen molar-refractivity contribution in [1.82, 2.24) is 24.4 Å². The molecule has 0 aliphatic carbocycles. The van der Waals surface area contributed by atoms with E-state index in [1.807, 2.05) is 11.6 Å². The van der Waals surface area contributed by atoms with Crippen LogP contribution in [-0.4, -0.2) is 70.6 Å². The highest BCUT2D eigenvalue weighted by Gasteiger charge is 2.41. The number of nitrogens with one attached hydrogen (secondary N) is 1. The van der Waals surface area contributed by atoms with Gasteiger partial charge in [-0.15, -0.1) is 5.01 Å². The predicted octanol–water partition coefficient (Wildman–Crippen LogP) is 3.67. The first-order chi connectivity index (χ1) is 22.7. The average Bonchev–Trinajstić information content (AvgIpc) is 3.57. The second-order valence-corrected chi connectivity index (χ2v) is 12.6. The number of aryl methyl sites for hydroxylation is 1. The number of alkyl halides is 3. The van der Waals surface area contributed by atoms with Gasteiger partial charge in [0.1, 0.15) is 0 Å². The number of imide groups is 1. The molecule has 0 spiro atoms. The van der Waals surface area contributed by atoms with E-state index in [1.165, 1.54) is 24.3 Å². The number of hydrazine groups is 1. The summed E-state index contributed by atoms with van der Waals surface area (Å²) in [5.41, 5.74) is 0.893. The minimum Gasteiger partial charge on any atom is -0.569 e. The number of hydrogen-bond acceptors (Lipinski definition) is 9. The molecule has 248 valence electrons. The number of carbonyl (C=O) groups is 3. The largest absolute Gasteiger partial charge is 0.569 e. The van der Waals surface area contributed by atoms with Gasteiger partial charge in [-0.2, -0.15) is 18.3 Å². The SMILES string of the molecule is Cc1ccc(-c2cc(C(F)(F)F)nn2-c2ccc(S(=O)(=O)NC(=O)C3CN([N+]([O-])=NOCN4C(=O)c5ccccc5C4=O)C3)cc2)cc1. The van der Waals surface area contributed by atoms with Crippen LogP contribution < -0.4 is 4.72 Å². The molecule has 18 heteroatoms. The number of aromatic nitrogens is 2. The van der Waals surface area contributed by atoms with Crippen LogP contribution in [0.4, 0.5) is 13.2 Å². The Morgan fingerprint density at radius 3 is 2.21 bits per heavy atom. The molecule has 3 amide bonds. The number of amides is 3. The molecular weight excluding hydrogens is 659 g/mol. The third-order valence-electron chi connectivity index (χ3n) is 7.64. The maximum absolute atomic E-state index is 13.5. The molecule has 2 aliphatic heterocycles. The molecule has 14 nitrogen and oxygen atoms in total. The van der Waals surface area contributed by atoms with Crippen LogP contribution in [0.2, 0.25) is 0 Å². The molecule has 48 heavy (non-hydrogen) atoms. The lowest BCUT2D eigenvalue weighted by molar-refractivity contribution is -0.725. The number of benzene rings is 3. The Labute approximate surface area is 270 Å². The molecule has 0 bridgehead atoms. The van der Waals surface area contributed by atoms with Gasteiger partial charge in [-0.05, 0) is 49.4 Å². The molecule has 2 aliphatic rings. The number of halogens is 3. The molecule has 1 fully saturated rings. The Kier molecular flexibility index (Phi) is 8.11. The lowest BCUT2D eigenvalue weighted by atomic mass is 10.0. The molecule has 3 aromatic carbocycles. The minimum atomic E-state index is -4.72. The summed E-state index contributed by atoms with van der Waals surface area (Å²) >= 11 is 0. The molecule has 0 saturated carbocycles. The van der Waals surface area contributed by atoms with Crippen molar-refractivity contribution in [2.75, 3.05) is 19.8 Å². The molecule has 0 atom stereocenters. The number of nitrogens with zero attached hydrogens (tertiary/aromatic N) is 6. The fourth-order valence-electron chi connectivity index (χ4n) is 4.99. The van der Waals surface area contributed by atoms with Gasteiger partial charge in [0.05, 0.1) is 51.4 Å². The first kappa shape index (κ1) is 32.2. The van der Waals surface area contributed by atoms with Crippen LogP contribution >= 0.6 is 0 Å². The highest BCUT2D eigenvalue weighted by Crippen LogP contribution is 2.33. The van der Waals surface area contributed by atoms with Crippen molar-refractivity contribution in [2.45, 2.75) is 18.0 Å². The first-order valence-corrected chi connectivity index (χ1v) is 15.6. The molecule has 3 heterocycles. The van der Waals surface area contributed by atoms with Gasteiger partial charge >= 0.3 is 6.18 Å². The summed E-state index contributed by atoms with van der Waals surface area (Å²) in [6.45, 7) is 0.770. The maximum atomic E-state index is 13.5. The van der Waals surface area contributed by atoms with Crippen LogP contribution in [0.25, 0.3) is 16.9 Å². The third kappa shape index (κ3) is 6.16. The third-order valence-corrected chi connectivity index (χ3v) is 9.00. The van der Waals surface area contributed by atoms with Crippen molar-refractivity contribution in [3.05, 3.63) is 106 Å². The number of fused-ring (bicyclic) bond motifs is 1. The number of carbonyl (C=O) groups excluding carboxylic acids is 3. The van der Waals surface area contributed by atoms with Gasteiger partial charge in [0.15, 0.2) is 5.69 Å². The summed E-state index contributed by atoms with van der Waals surface area (Å²) < 4.78 is 69.4. The predicted molar refractivity (Wildman–Crippen MR) is 158 cm³/mol. The van der Waals surface area contributed by atoms with E-state index in [4.69, 9.17) is 4.84 Å². The highest BCUT2D eigenvalue weighted by molar-refractivity contribution is 7.90. The molecule has 1 N–H and O–H groups in total. The van der Waals surface area contributed by atoms with Crippen LogP contribution in [0.3, 0.4) is 0 Å². The molecular formula is C30H24F3N7O7S. The standard InChI is InChI=1S/C30H24F3N7O7S/c1-18-6-8-19(9-7-18)25-14-26(30(31,32)33)34-39(25)21-10-12-22(13-11-21)48(45,46)35-27(41)20-15-37(16-20)40(44)36-47-17-38-28(42)23-4-2-3-5-24(23)29(38)43/h2-14,20H,15-17H2,1H3,(H,35,41). The van der Waals surface area contributed by atoms with E-state index in [2.05, 4.69) is 10.4 Å². The van der Waals surface area contributed by atoms with E-state index in [0.717, 1.165) is 38.4 Å². The van der Waals surface area contributed by atoms with Gasteiger partial charge in [0.2, 0.25) is 17.9 Å². The number of sulfonamides is 1. The Balaban J connectivity index is 1.06. The first-order valence-electron chi connectivity index (χ1n) is 14.1. The van der Waals surface area contributed by atoms with E-state index >= 15 is 0 Å². The molecule has 4 aromatic rings. The van der Waals surface area contributed by atoms with Crippen molar-refractivity contribution in [2.24, 2.45) is 11.2 Å². The van der Waals surface area contributed by atoms with Gasteiger partial charge < -0.3 is 10.0 Å². The van der Waals surface area contributed by atoms with E-state index < -0.39 is 52.3 Å². The molecule has 6 rings (SSSR count). The lowest BCUT2D eigenvalue weighted by Crippen LogP contribution is -2.56. The molecule has 0 unspecified atom stereocenters. The van der Waals surface area contributed by atoms with E-state index in [-0.39, 0.29) is 45.5 Å². The zero-order valence-corrected chi connectivity index (χ0v) is 25.6. The van der Waals surface area contributed by atoms with Crippen molar-refractivity contribution in [1.29, 1.82) is 0 Å². The Bertz CT molecular complexity index is 2020.